The first kappa shape index (κ1) is 25.0. The third-order valence-electron chi connectivity index (χ3n) is 6.09. The van der Waals surface area contributed by atoms with E-state index in [4.69, 9.17) is 11.6 Å². The van der Waals surface area contributed by atoms with Crippen molar-refractivity contribution in [2.24, 2.45) is 5.41 Å². The number of rotatable bonds is 6. The lowest BCUT2D eigenvalue weighted by Gasteiger charge is -2.40. The molecule has 2 N–H and O–H groups in total. The second-order valence-corrected chi connectivity index (χ2v) is 10.6. The third kappa shape index (κ3) is 6.33. The standard InChI is InChI=1S/C16H22ClN3O.C10H7N3S/c1-15(2,3)16(21,10-20-12-18-11-19-20)9-8-13-4-6-14(17)7-5-13;1-2-4-8-7(3-1)12-10(13-8)9-5-14-6-11-9/h4-7,11-12,21H,8-10H2,1-3H3;1-6H,(H,12,13). The van der Waals surface area contributed by atoms with Crippen LogP contribution in [-0.4, -0.2) is 40.4 Å². The van der Waals surface area contributed by atoms with Crippen molar-refractivity contribution in [3.05, 3.63) is 82.7 Å². The van der Waals surface area contributed by atoms with E-state index in [2.05, 4.69) is 25.0 Å². The molecule has 0 fully saturated rings. The average Bonchev–Trinajstić information content (AvgIpc) is 3.60. The highest BCUT2D eigenvalue weighted by molar-refractivity contribution is 7.07. The summed E-state index contributed by atoms with van der Waals surface area (Å²) in [6.07, 6.45) is 4.57. The zero-order chi connectivity index (χ0) is 24.9. The Kier molecular flexibility index (Phi) is 7.64. The number of aliphatic hydroxyl groups is 1. The van der Waals surface area contributed by atoms with Crippen LogP contribution in [0.3, 0.4) is 0 Å². The fraction of sp³-hybridized carbons (Fsp3) is 0.308. The SMILES string of the molecule is CC(C)(C)C(O)(CCc1ccc(Cl)cc1)Cn1cncn1.c1ccc2[nH]c(-c3cscn3)nc2c1. The number of halogens is 1. The van der Waals surface area contributed by atoms with Crippen LogP contribution in [-0.2, 0) is 13.0 Å². The van der Waals surface area contributed by atoms with Crippen molar-refractivity contribution in [1.29, 1.82) is 0 Å². The van der Waals surface area contributed by atoms with E-state index in [1.807, 2.05) is 80.2 Å². The molecular formula is C26H29ClN6OS. The number of imidazole rings is 1. The highest BCUT2D eigenvalue weighted by Crippen LogP contribution is 2.35. The lowest BCUT2D eigenvalue weighted by Crippen LogP contribution is -2.47. The number of aromatic amines is 1. The highest BCUT2D eigenvalue weighted by Gasteiger charge is 2.40. The number of nitrogens with zero attached hydrogens (tertiary/aromatic N) is 5. The fourth-order valence-electron chi connectivity index (χ4n) is 3.68. The van der Waals surface area contributed by atoms with Crippen molar-refractivity contribution in [3.63, 3.8) is 0 Å². The summed E-state index contributed by atoms with van der Waals surface area (Å²) in [5.74, 6) is 0.840. The van der Waals surface area contributed by atoms with Gasteiger partial charge in [-0.05, 0) is 48.1 Å². The normalized spacial score (nSPS) is 13.3. The summed E-state index contributed by atoms with van der Waals surface area (Å²) < 4.78 is 1.69. The number of para-hydroxylation sites is 2. The Morgan fingerprint density at radius 3 is 2.49 bits per heavy atom. The topological polar surface area (TPSA) is 92.5 Å². The van der Waals surface area contributed by atoms with Crippen molar-refractivity contribution in [3.8, 4) is 11.5 Å². The summed E-state index contributed by atoms with van der Waals surface area (Å²) in [7, 11) is 0. The average molecular weight is 509 g/mol. The molecule has 2 aromatic carbocycles. The molecule has 0 aliphatic carbocycles. The van der Waals surface area contributed by atoms with Crippen LogP contribution in [0.5, 0.6) is 0 Å². The lowest BCUT2D eigenvalue weighted by atomic mass is 9.73. The van der Waals surface area contributed by atoms with E-state index in [1.54, 1.807) is 22.3 Å². The third-order valence-corrected chi connectivity index (χ3v) is 6.93. The van der Waals surface area contributed by atoms with Crippen LogP contribution in [0, 0.1) is 5.41 Å². The van der Waals surface area contributed by atoms with Crippen LogP contribution >= 0.6 is 22.9 Å². The number of hydrogen-bond acceptors (Lipinski definition) is 6. The summed E-state index contributed by atoms with van der Waals surface area (Å²) >= 11 is 7.47. The van der Waals surface area contributed by atoms with Gasteiger partial charge in [-0.15, -0.1) is 11.3 Å². The molecule has 1 unspecified atom stereocenters. The highest BCUT2D eigenvalue weighted by atomic mass is 35.5. The van der Waals surface area contributed by atoms with Crippen LogP contribution < -0.4 is 0 Å². The first-order valence-electron chi connectivity index (χ1n) is 11.4. The number of aryl methyl sites for hydroxylation is 1. The maximum absolute atomic E-state index is 11.1. The molecule has 7 nitrogen and oxygen atoms in total. The first-order chi connectivity index (χ1) is 16.7. The van der Waals surface area contributed by atoms with Crippen LogP contribution in [0.1, 0.15) is 32.8 Å². The fourth-order valence-corrected chi connectivity index (χ4v) is 4.34. The van der Waals surface area contributed by atoms with Crippen molar-refractivity contribution < 1.29 is 5.11 Å². The summed E-state index contributed by atoms with van der Waals surface area (Å²) in [4.78, 5) is 15.8. The van der Waals surface area contributed by atoms with Crippen LogP contribution in [0.15, 0.2) is 72.1 Å². The van der Waals surface area contributed by atoms with Gasteiger partial charge in [-0.3, -0.25) is 4.68 Å². The smallest absolute Gasteiger partial charge is 0.158 e. The van der Waals surface area contributed by atoms with E-state index in [1.165, 1.54) is 11.9 Å². The van der Waals surface area contributed by atoms with Gasteiger partial charge in [-0.1, -0.05) is 56.6 Å². The molecule has 0 aliphatic rings. The Hall–Kier alpha value is -3.07. The van der Waals surface area contributed by atoms with E-state index in [0.29, 0.717) is 13.0 Å². The molecule has 0 aliphatic heterocycles. The molecule has 0 amide bonds. The van der Waals surface area contributed by atoms with Crippen molar-refractivity contribution in [2.45, 2.75) is 45.8 Å². The molecular weight excluding hydrogens is 480 g/mol. The van der Waals surface area contributed by atoms with Gasteiger partial charge in [0.1, 0.15) is 18.3 Å². The predicted molar refractivity (Wildman–Crippen MR) is 141 cm³/mol. The minimum absolute atomic E-state index is 0.259. The number of hydrogen-bond donors (Lipinski definition) is 2. The Labute approximate surface area is 213 Å². The van der Waals surface area contributed by atoms with Crippen LogP contribution in [0.2, 0.25) is 5.02 Å². The molecule has 0 spiro atoms. The molecule has 0 radical (unpaired) electrons. The van der Waals surface area contributed by atoms with E-state index < -0.39 is 5.60 Å². The van der Waals surface area contributed by atoms with E-state index in [0.717, 1.165) is 34.0 Å². The molecule has 0 bridgehead atoms. The summed E-state index contributed by atoms with van der Waals surface area (Å²) in [6.45, 7) is 6.58. The summed E-state index contributed by atoms with van der Waals surface area (Å²) in [5.41, 5.74) is 4.80. The van der Waals surface area contributed by atoms with Crippen molar-refractivity contribution in [2.75, 3.05) is 0 Å². The number of nitrogens with one attached hydrogen (secondary N) is 1. The summed E-state index contributed by atoms with van der Waals surface area (Å²) in [6, 6.07) is 15.7. The number of H-pyrrole nitrogens is 1. The number of aromatic nitrogens is 6. The minimum atomic E-state index is -0.861. The zero-order valence-electron chi connectivity index (χ0n) is 20.0. The Bertz CT molecular complexity index is 1290. The second-order valence-electron chi connectivity index (χ2n) is 9.48. The van der Waals surface area contributed by atoms with Gasteiger partial charge in [0.2, 0.25) is 0 Å². The molecule has 1 atom stereocenters. The van der Waals surface area contributed by atoms with Gasteiger partial charge in [0.25, 0.3) is 0 Å². The largest absolute Gasteiger partial charge is 0.387 e. The molecule has 3 heterocycles. The maximum atomic E-state index is 11.1. The van der Waals surface area contributed by atoms with Crippen molar-refractivity contribution >= 4 is 34.0 Å². The minimum Gasteiger partial charge on any atom is -0.387 e. The van der Waals surface area contributed by atoms with Gasteiger partial charge in [-0.2, -0.15) is 5.10 Å². The van der Waals surface area contributed by atoms with Gasteiger partial charge in [0.05, 0.1) is 28.7 Å². The summed E-state index contributed by atoms with van der Waals surface area (Å²) in [5, 5.41) is 17.9. The predicted octanol–water partition coefficient (Wildman–Crippen LogP) is 6.03. The Morgan fingerprint density at radius 2 is 1.86 bits per heavy atom. The van der Waals surface area contributed by atoms with Gasteiger partial charge in [-0.25, -0.2) is 15.0 Å². The van der Waals surface area contributed by atoms with Gasteiger partial charge in [0.15, 0.2) is 5.82 Å². The first-order valence-corrected chi connectivity index (χ1v) is 12.7. The number of fused-ring (bicyclic) bond motifs is 1. The molecule has 5 rings (SSSR count). The van der Waals surface area contributed by atoms with Crippen LogP contribution in [0.25, 0.3) is 22.6 Å². The van der Waals surface area contributed by atoms with Crippen LogP contribution in [0.4, 0.5) is 0 Å². The monoisotopic (exact) mass is 508 g/mol. The van der Waals surface area contributed by atoms with E-state index >= 15 is 0 Å². The molecule has 3 aromatic heterocycles. The van der Waals surface area contributed by atoms with E-state index in [9.17, 15) is 5.11 Å². The Balaban J connectivity index is 0.000000177. The molecule has 9 heteroatoms. The molecule has 0 saturated carbocycles. The molecule has 5 aromatic rings. The van der Waals surface area contributed by atoms with Gasteiger partial charge < -0.3 is 10.1 Å². The molecule has 182 valence electrons. The van der Waals surface area contributed by atoms with Crippen molar-refractivity contribution in [1.82, 2.24) is 29.7 Å². The van der Waals surface area contributed by atoms with Gasteiger partial charge in [0, 0.05) is 10.4 Å². The Morgan fingerprint density at radius 1 is 1.09 bits per heavy atom. The second kappa shape index (κ2) is 10.7. The zero-order valence-corrected chi connectivity index (χ0v) is 21.6. The maximum Gasteiger partial charge on any atom is 0.158 e. The molecule has 35 heavy (non-hydrogen) atoms. The quantitative estimate of drug-likeness (QED) is 0.292. The number of thiazole rings is 1. The van der Waals surface area contributed by atoms with Gasteiger partial charge >= 0.3 is 0 Å². The lowest BCUT2D eigenvalue weighted by molar-refractivity contribution is -0.0796. The number of benzene rings is 2. The van der Waals surface area contributed by atoms with E-state index in [-0.39, 0.29) is 5.41 Å². The molecule has 0 saturated heterocycles.